The summed E-state index contributed by atoms with van der Waals surface area (Å²) in [5.74, 6) is -2.47. The van der Waals surface area contributed by atoms with Crippen LogP contribution >= 0.6 is 0 Å². The fourth-order valence-electron chi connectivity index (χ4n) is 7.65. The van der Waals surface area contributed by atoms with Gasteiger partial charge in [-0.05, 0) is 54.8 Å². The van der Waals surface area contributed by atoms with E-state index >= 15 is 0 Å². The van der Waals surface area contributed by atoms with Crippen LogP contribution in [0.4, 0.5) is 4.79 Å². The van der Waals surface area contributed by atoms with Gasteiger partial charge < -0.3 is 26.2 Å². The van der Waals surface area contributed by atoms with Gasteiger partial charge in [0.15, 0.2) is 0 Å². The molecule has 1 heterocycles. The lowest BCUT2D eigenvalue weighted by molar-refractivity contribution is -0.145. The minimum absolute atomic E-state index is 0.00772. The summed E-state index contributed by atoms with van der Waals surface area (Å²) in [5.41, 5.74) is -1.84. The van der Waals surface area contributed by atoms with Crippen LogP contribution in [0.2, 0.25) is 0 Å². The van der Waals surface area contributed by atoms with Crippen LogP contribution in [-0.4, -0.2) is 91.1 Å². The molecule has 5 amide bonds. The molecule has 0 spiro atoms. The zero-order valence-electron chi connectivity index (χ0n) is 28.7. The quantitative estimate of drug-likeness (QED) is 0.219. The minimum atomic E-state index is -3.39. The first-order valence-electron chi connectivity index (χ1n) is 17.0. The predicted molar refractivity (Wildman–Crippen MR) is 174 cm³/mol. The summed E-state index contributed by atoms with van der Waals surface area (Å²) in [6.45, 7) is 11.9. The van der Waals surface area contributed by atoms with Crippen LogP contribution in [0.1, 0.15) is 106 Å². The Balaban J connectivity index is 1.53. The van der Waals surface area contributed by atoms with Crippen molar-refractivity contribution in [1.29, 1.82) is 0 Å². The molecule has 4 N–H and O–H groups in total. The van der Waals surface area contributed by atoms with Gasteiger partial charge in [-0.15, -0.1) is 0 Å². The Hall–Kier alpha value is -2.70. The van der Waals surface area contributed by atoms with E-state index in [0.717, 1.165) is 44.8 Å². The van der Waals surface area contributed by atoms with Crippen LogP contribution in [0.3, 0.4) is 0 Å². The van der Waals surface area contributed by atoms with Crippen molar-refractivity contribution in [2.75, 3.05) is 18.6 Å². The molecular weight excluding hydrogens is 610 g/mol. The molecule has 260 valence electrons. The van der Waals surface area contributed by atoms with Crippen molar-refractivity contribution in [3.05, 3.63) is 0 Å². The zero-order chi connectivity index (χ0) is 34.2. The molecule has 0 aromatic rings. The van der Waals surface area contributed by atoms with Gasteiger partial charge in [0.05, 0.1) is 17.3 Å². The van der Waals surface area contributed by atoms with Crippen LogP contribution in [0.5, 0.6) is 0 Å². The molecule has 5 atom stereocenters. The van der Waals surface area contributed by atoms with E-state index in [0.29, 0.717) is 32.2 Å². The minimum Gasteiger partial charge on any atom is -0.347 e. The molecule has 13 heteroatoms. The fraction of sp³-hybridized carbons (Fsp3) is 0.848. The van der Waals surface area contributed by atoms with Gasteiger partial charge in [0.2, 0.25) is 17.6 Å². The lowest BCUT2D eigenvalue weighted by Crippen LogP contribution is -2.63. The lowest BCUT2D eigenvalue weighted by Gasteiger charge is -2.40. The molecule has 0 aromatic heterocycles. The number of rotatable bonds is 13. The second-order valence-electron chi connectivity index (χ2n) is 16.0. The number of carbonyl (C=O) groups excluding carboxylic acids is 5. The number of piperidine rings is 1. The van der Waals surface area contributed by atoms with Crippen molar-refractivity contribution in [3.8, 4) is 0 Å². The van der Waals surface area contributed by atoms with E-state index in [1.165, 1.54) is 4.90 Å². The van der Waals surface area contributed by atoms with E-state index < -0.39 is 68.5 Å². The van der Waals surface area contributed by atoms with Crippen LogP contribution in [0, 0.1) is 22.7 Å². The molecule has 4 aliphatic rings. The third kappa shape index (κ3) is 8.41. The van der Waals surface area contributed by atoms with Crippen molar-refractivity contribution < 1.29 is 32.4 Å². The number of fused-ring (bicyclic) bond motifs is 1. The van der Waals surface area contributed by atoms with Crippen LogP contribution in [0.15, 0.2) is 0 Å². The number of ketones is 1. The third-order valence-electron chi connectivity index (χ3n) is 10.5. The maximum atomic E-state index is 14.3. The average Bonchev–Trinajstić information content (AvgIpc) is 3.79. The summed E-state index contributed by atoms with van der Waals surface area (Å²) < 4.78 is 24.6. The molecule has 4 rings (SSSR count). The van der Waals surface area contributed by atoms with Gasteiger partial charge in [0.25, 0.3) is 5.91 Å². The third-order valence-corrected chi connectivity index (χ3v) is 11.6. The number of urea groups is 1. The highest BCUT2D eigenvalue weighted by Crippen LogP contribution is 2.65. The highest BCUT2D eigenvalue weighted by atomic mass is 32.2. The predicted octanol–water partition coefficient (Wildman–Crippen LogP) is 2.45. The Kier molecular flexibility index (Phi) is 10.6. The number of likely N-dealkylation sites (tertiary alicyclic amines) is 1. The van der Waals surface area contributed by atoms with E-state index in [1.54, 1.807) is 0 Å². The smallest absolute Gasteiger partial charge is 0.315 e. The summed E-state index contributed by atoms with van der Waals surface area (Å²) >= 11 is 0. The monoisotopic (exact) mass is 665 g/mol. The normalized spacial score (nSPS) is 26.2. The number of nitrogens with one attached hydrogen (secondary N) is 4. The molecule has 0 bridgehead atoms. The molecular formula is C33H55N5O7S. The van der Waals surface area contributed by atoms with E-state index in [9.17, 15) is 32.4 Å². The molecule has 12 nitrogen and oxygen atoms in total. The average molecular weight is 666 g/mol. The first-order chi connectivity index (χ1) is 21.3. The number of sulfone groups is 1. The fourth-order valence-corrected chi connectivity index (χ4v) is 9.01. The van der Waals surface area contributed by atoms with E-state index in [-0.39, 0.29) is 29.0 Å². The number of carbonyl (C=O) groups is 5. The number of unbranched alkanes of at least 4 members (excludes halogenated alkanes) is 1. The first-order valence-corrected chi connectivity index (χ1v) is 19.1. The van der Waals surface area contributed by atoms with Crippen molar-refractivity contribution in [3.63, 3.8) is 0 Å². The molecule has 0 radical (unpaired) electrons. The number of hydrogen-bond donors (Lipinski definition) is 4. The van der Waals surface area contributed by atoms with Crippen LogP contribution in [-0.2, 0) is 29.0 Å². The van der Waals surface area contributed by atoms with Crippen molar-refractivity contribution in [1.82, 2.24) is 26.2 Å². The first kappa shape index (κ1) is 36.1. The van der Waals surface area contributed by atoms with Gasteiger partial charge in [-0.25, -0.2) is 13.2 Å². The van der Waals surface area contributed by atoms with Gasteiger partial charge in [0.1, 0.15) is 21.9 Å². The topological polar surface area (TPSA) is 171 Å². The number of amides is 5. The van der Waals surface area contributed by atoms with Gasteiger partial charge in [-0.2, -0.15) is 0 Å². The standard InChI is InChI=1S/C33H55N5O7S/c1-8-9-13-22(25(39)28(41)34-20-14-15-20)35-27(40)24-23-21(32(23,5)6)18-38(24)29(42)26(31(2,3)4)36-30(43)37-33(19-46(7,44)45)16-11-10-12-17-33/h20-24,26H,8-19H2,1-7H3,(H,34,41)(H,35,40)(H2,36,37,43)/t21?,22-,23?,24-,26+/m0/s1. The molecule has 0 aromatic carbocycles. The van der Waals surface area contributed by atoms with Crippen molar-refractivity contribution in [2.24, 2.45) is 22.7 Å². The Bertz CT molecular complexity index is 1310. The van der Waals surface area contributed by atoms with Crippen molar-refractivity contribution >= 4 is 39.4 Å². The van der Waals surface area contributed by atoms with Crippen molar-refractivity contribution in [2.45, 2.75) is 135 Å². The largest absolute Gasteiger partial charge is 0.347 e. The Morgan fingerprint density at radius 2 is 1.61 bits per heavy atom. The summed E-state index contributed by atoms with van der Waals surface area (Å²) in [6.07, 6.45) is 8.20. The van der Waals surface area contributed by atoms with E-state index in [2.05, 4.69) is 35.1 Å². The molecule has 4 fully saturated rings. The highest BCUT2D eigenvalue weighted by molar-refractivity contribution is 7.90. The molecule has 46 heavy (non-hydrogen) atoms. The van der Waals surface area contributed by atoms with Gasteiger partial charge >= 0.3 is 6.03 Å². The Labute approximate surface area is 274 Å². The Morgan fingerprint density at radius 1 is 0.978 bits per heavy atom. The number of nitrogens with zero attached hydrogens (tertiary/aromatic N) is 1. The Morgan fingerprint density at radius 3 is 2.15 bits per heavy atom. The molecule has 3 aliphatic carbocycles. The van der Waals surface area contributed by atoms with Gasteiger partial charge in [0, 0.05) is 18.8 Å². The van der Waals surface area contributed by atoms with Gasteiger partial charge in [-0.1, -0.05) is 73.6 Å². The molecule has 3 saturated carbocycles. The van der Waals surface area contributed by atoms with E-state index in [4.69, 9.17) is 0 Å². The summed E-state index contributed by atoms with van der Waals surface area (Å²) in [4.78, 5) is 69.1. The summed E-state index contributed by atoms with van der Waals surface area (Å²) in [5, 5.41) is 11.4. The highest BCUT2D eigenvalue weighted by Gasteiger charge is 2.70. The van der Waals surface area contributed by atoms with E-state index in [1.807, 2.05) is 27.7 Å². The lowest BCUT2D eigenvalue weighted by atomic mass is 9.83. The number of Topliss-reactive ketones (excluding diaryl/α,β-unsaturated/α-hetero) is 1. The van der Waals surface area contributed by atoms with Gasteiger partial charge in [-0.3, -0.25) is 19.2 Å². The second kappa shape index (κ2) is 13.4. The molecule has 2 unspecified atom stereocenters. The maximum Gasteiger partial charge on any atom is 0.315 e. The second-order valence-corrected chi connectivity index (χ2v) is 18.2. The summed E-state index contributed by atoms with van der Waals surface area (Å²) in [7, 11) is -3.39. The maximum absolute atomic E-state index is 14.3. The SMILES string of the molecule is CCCC[C@H](NC(=O)[C@@H]1C2C(CN1C(=O)[C@@H](NC(=O)NC1(CS(C)(=O)=O)CCCCC1)C(C)(C)C)C2(C)C)C(=O)C(=O)NC1CC1. The molecule has 1 saturated heterocycles. The molecule has 1 aliphatic heterocycles. The zero-order valence-corrected chi connectivity index (χ0v) is 29.5. The summed E-state index contributed by atoms with van der Waals surface area (Å²) in [6, 6.07) is -3.47. The van der Waals surface area contributed by atoms with Crippen LogP contribution < -0.4 is 21.3 Å². The van der Waals surface area contributed by atoms with Crippen LogP contribution in [0.25, 0.3) is 0 Å². The number of hydrogen-bond acceptors (Lipinski definition) is 7.